The van der Waals surface area contributed by atoms with Crippen LogP contribution < -0.4 is 10.2 Å². The Morgan fingerprint density at radius 3 is 2.61 bits per heavy atom. The molecule has 1 aromatic carbocycles. The maximum absolute atomic E-state index is 12.0. The van der Waals surface area contributed by atoms with Crippen molar-refractivity contribution in [3.8, 4) is 5.88 Å². The van der Waals surface area contributed by atoms with Crippen LogP contribution in [0.4, 0.5) is 13.2 Å². The number of rotatable bonds is 2. The van der Waals surface area contributed by atoms with E-state index in [-0.39, 0.29) is 5.88 Å². The highest BCUT2D eigenvalue weighted by Crippen LogP contribution is 2.24. The number of hydrogen-bond donors (Lipinski definition) is 1. The number of pyridine rings is 1. The van der Waals surface area contributed by atoms with Crippen LogP contribution in [0.15, 0.2) is 29.1 Å². The molecule has 0 saturated heterocycles. The first-order valence-electron chi connectivity index (χ1n) is 4.88. The molecule has 0 fully saturated rings. The summed E-state index contributed by atoms with van der Waals surface area (Å²) in [4.78, 5) is 14.3. The van der Waals surface area contributed by atoms with E-state index in [1.807, 2.05) is 0 Å². The molecular formula is C11H7ClF3NO2. The highest BCUT2D eigenvalue weighted by Gasteiger charge is 2.29. The van der Waals surface area contributed by atoms with Crippen LogP contribution >= 0.6 is 11.6 Å². The average Bonchev–Trinajstić information content (AvgIpc) is 2.31. The van der Waals surface area contributed by atoms with E-state index in [0.717, 1.165) is 0 Å². The monoisotopic (exact) mass is 277 g/mol. The Bertz CT molecular complexity index is 636. The van der Waals surface area contributed by atoms with Crippen LogP contribution in [0.2, 0.25) is 5.02 Å². The smallest absolute Gasteiger partial charge is 0.422 e. The van der Waals surface area contributed by atoms with Gasteiger partial charge in [0.05, 0.1) is 5.52 Å². The van der Waals surface area contributed by atoms with E-state index in [4.69, 9.17) is 11.6 Å². The Labute approximate surface area is 104 Å². The lowest BCUT2D eigenvalue weighted by Crippen LogP contribution is -2.20. The number of hydrogen-bond acceptors (Lipinski definition) is 2. The van der Waals surface area contributed by atoms with Crippen molar-refractivity contribution in [3.05, 3.63) is 39.5 Å². The number of benzene rings is 1. The van der Waals surface area contributed by atoms with Gasteiger partial charge in [0, 0.05) is 5.39 Å². The van der Waals surface area contributed by atoms with Crippen molar-refractivity contribution in [2.75, 3.05) is 6.61 Å². The quantitative estimate of drug-likeness (QED) is 0.916. The highest BCUT2D eigenvalue weighted by molar-refractivity contribution is 6.32. The minimum absolute atomic E-state index is 0.293. The molecule has 0 unspecified atom stereocenters. The molecule has 1 N–H and O–H groups in total. The molecule has 2 aromatic rings. The third kappa shape index (κ3) is 2.59. The molecular weight excluding hydrogens is 271 g/mol. The molecule has 96 valence electrons. The molecule has 7 heteroatoms. The fourth-order valence-electron chi connectivity index (χ4n) is 1.44. The molecule has 18 heavy (non-hydrogen) atoms. The van der Waals surface area contributed by atoms with Gasteiger partial charge in [-0.15, -0.1) is 0 Å². The Hall–Kier alpha value is -1.69. The zero-order valence-corrected chi connectivity index (χ0v) is 9.60. The summed E-state index contributed by atoms with van der Waals surface area (Å²) in [7, 11) is 0. The topological polar surface area (TPSA) is 42.1 Å². The van der Waals surface area contributed by atoms with E-state index >= 15 is 0 Å². The van der Waals surface area contributed by atoms with Gasteiger partial charge in [-0.25, -0.2) is 0 Å². The number of fused-ring (bicyclic) bond motifs is 1. The molecule has 0 atom stereocenters. The van der Waals surface area contributed by atoms with Gasteiger partial charge in [0.25, 0.3) is 0 Å². The van der Waals surface area contributed by atoms with Gasteiger partial charge >= 0.3 is 6.18 Å². The number of ether oxygens (including phenoxy) is 1. The molecule has 2 rings (SSSR count). The number of nitrogens with one attached hydrogen (secondary N) is 1. The first-order chi connectivity index (χ1) is 8.38. The molecule has 0 amide bonds. The molecule has 1 heterocycles. The molecule has 0 aliphatic heterocycles. The molecule has 0 aliphatic rings. The van der Waals surface area contributed by atoms with Crippen LogP contribution in [0.1, 0.15) is 0 Å². The molecule has 0 aliphatic carbocycles. The fraction of sp³-hybridized carbons (Fsp3) is 0.182. The van der Waals surface area contributed by atoms with Gasteiger partial charge in [-0.2, -0.15) is 13.2 Å². The number of alkyl halides is 3. The van der Waals surface area contributed by atoms with Gasteiger partial charge in [-0.3, -0.25) is 4.79 Å². The lowest BCUT2D eigenvalue weighted by Gasteiger charge is -2.11. The maximum Gasteiger partial charge on any atom is 0.422 e. The second kappa shape index (κ2) is 4.53. The molecule has 1 aromatic heterocycles. The van der Waals surface area contributed by atoms with Crippen molar-refractivity contribution in [3.63, 3.8) is 0 Å². The largest absolute Gasteiger partial charge is 0.468 e. The van der Waals surface area contributed by atoms with Gasteiger partial charge in [0.15, 0.2) is 6.61 Å². The van der Waals surface area contributed by atoms with Crippen LogP contribution in [-0.2, 0) is 0 Å². The Morgan fingerprint density at radius 1 is 1.28 bits per heavy atom. The second-order valence-corrected chi connectivity index (χ2v) is 3.92. The molecule has 3 nitrogen and oxygen atoms in total. The summed E-state index contributed by atoms with van der Waals surface area (Å²) >= 11 is 5.66. The van der Waals surface area contributed by atoms with Crippen molar-refractivity contribution in [2.24, 2.45) is 0 Å². The summed E-state index contributed by atoms with van der Waals surface area (Å²) in [6.07, 6.45) is -4.49. The lowest BCUT2D eigenvalue weighted by atomic mass is 10.2. The zero-order chi connectivity index (χ0) is 13.3. The summed E-state index contributed by atoms with van der Waals surface area (Å²) < 4.78 is 40.6. The Balaban J connectivity index is 2.46. The third-order valence-corrected chi connectivity index (χ3v) is 2.54. The first-order valence-corrected chi connectivity index (χ1v) is 5.26. The number of halogens is 4. The van der Waals surface area contributed by atoms with Crippen molar-refractivity contribution in [1.82, 2.24) is 4.98 Å². The summed E-state index contributed by atoms with van der Waals surface area (Å²) in [6.45, 7) is -1.51. The fourth-order valence-corrected chi connectivity index (χ4v) is 1.65. The van der Waals surface area contributed by atoms with Crippen LogP contribution in [0, 0.1) is 0 Å². The number of aromatic nitrogens is 1. The Morgan fingerprint density at radius 2 is 1.94 bits per heavy atom. The van der Waals surface area contributed by atoms with Gasteiger partial charge in [0.1, 0.15) is 5.02 Å². The minimum atomic E-state index is -4.49. The van der Waals surface area contributed by atoms with E-state index in [1.54, 1.807) is 18.2 Å². The average molecular weight is 278 g/mol. The van der Waals surface area contributed by atoms with E-state index in [0.29, 0.717) is 10.9 Å². The van der Waals surface area contributed by atoms with Crippen LogP contribution in [0.25, 0.3) is 10.9 Å². The van der Waals surface area contributed by atoms with Gasteiger partial charge in [-0.05, 0) is 12.1 Å². The maximum atomic E-state index is 12.0. The third-order valence-electron chi connectivity index (χ3n) is 2.20. The van der Waals surface area contributed by atoms with E-state index in [2.05, 4.69) is 9.72 Å². The lowest BCUT2D eigenvalue weighted by molar-refractivity contribution is -0.154. The molecule has 0 spiro atoms. The van der Waals surface area contributed by atoms with Gasteiger partial charge in [-0.1, -0.05) is 23.7 Å². The van der Waals surface area contributed by atoms with Gasteiger partial charge in [0.2, 0.25) is 11.3 Å². The summed E-state index contributed by atoms with van der Waals surface area (Å²) in [6, 6.07) is 6.34. The van der Waals surface area contributed by atoms with Gasteiger partial charge < -0.3 is 9.72 Å². The van der Waals surface area contributed by atoms with Crippen molar-refractivity contribution >= 4 is 22.5 Å². The normalized spacial score (nSPS) is 11.8. The highest BCUT2D eigenvalue weighted by atomic mass is 35.5. The van der Waals surface area contributed by atoms with E-state index in [9.17, 15) is 18.0 Å². The standard InChI is InChI=1S/C11H7ClF3NO2/c12-8-9(17)6-3-1-2-4-7(6)16-10(8)18-5-11(13,14)15/h1-4H,5H2,(H,16,17). The van der Waals surface area contributed by atoms with Crippen LogP contribution in [0.3, 0.4) is 0 Å². The minimum Gasteiger partial charge on any atom is -0.468 e. The van der Waals surface area contributed by atoms with Crippen molar-refractivity contribution in [2.45, 2.75) is 6.18 Å². The number of para-hydroxylation sites is 1. The van der Waals surface area contributed by atoms with Crippen LogP contribution in [0.5, 0.6) is 5.88 Å². The number of aromatic amines is 1. The summed E-state index contributed by atoms with van der Waals surface area (Å²) in [5.41, 5.74) is -0.202. The van der Waals surface area contributed by atoms with Crippen molar-refractivity contribution in [1.29, 1.82) is 0 Å². The van der Waals surface area contributed by atoms with E-state index < -0.39 is 23.2 Å². The van der Waals surface area contributed by atoms with Crippen LogP contribution in [-0.4, -0.2) is 17.8 Å². The zero-order valence-electron chi connectivity index (χ0n) is 8.84. The summed E-state index contributed by atoms with van der Waals surface area (Å²) in [5.74, 6) is -0.377. The second-order valence-electron chi connectivity index (χ2n) is 3.55. The predicted molar refractivity (Wildman–Crippen MR) is 61.1 cm³/mol. The first kappa shape index (κ1) is 12.8. The number of H-pyrrole nitrogens is 1. The summed E-state index contributed by atoms with van der Waals surface area (Å²) in [5, 5.41) is -0.0974. The molecule has 0 saturated carbocycles. The Kier molecular flexibility index (Phi) is 3.21. The molecule has 0 radical (unpaired) electrons. The van der Waals surface area contributed by atoms with E-state index in [1.165, 1.54) is 6.07 Å². The molecule has 0 bridgehead atoms. The van der Waals surface area contributed by atoms with Crippen molar-refractivity contribution < 1.29 is 17.9 Å². The predicted octanol–water partition coefficient (Wildman–Crippen LogP) is 3.12. The SMILES string of the molecule is O=c1c(Cl)c(OCC(F)(F)F)[nH]c2ccccc12.